The molecule has 0 fully saturated rings. The number of hydrogen-bond acceptors (Lipinski definition) is 5. The van der Waals surface area contributed by atoms with Crippen LogP contribution in [0.15, 0.2) is 48.2 Å². The Labute approximate surface area is 134 Å². The number of ketones is 2. The highest BCUT2D eigenvalue weighted by atomic mass is 32.2. The molecule has 7 heteroatoms. The molecule has 1 aliphatic heterocycles. The highest BCUT2D eigenvalue weighted by Gasteiger charge is 2.48. The minimum absolute atomic E-state index is 0.0912. The van der Waals surface area contributed by atoms with Crippen molar-refractivity contribution in [3.63, 3.8) is 0 Å². The van der Waals surface area contributed by atoms with Gasteiger partial charge in [-0.05, 0) is 11.1 Å². The van der Waals surface area contributed by atoms with Gasteiger partial charge in [0.2, 0.25) is 21.6 Å². The molecule has 3 rings (SSSR count). The van der Waals surface area contributed by atoms with E-state index in [1.807, 2.05) is 6.07 Å². The summed E-state index contributed by atoms with van der Waals surface area (Å²) in [6.45, 7) is -0.0912. The van der Waals surface area contributed by atoms with E-state index in [2.05, 4.69) is 0 Å². The fourth-order valence-corrected chi connectivity index (χ4v) is 3.97. The Balaban J connectivity index is 2.18. The molecule has 0 spiro atoms. The van der Waals surface area contributed by atoms with Crippen molar-refractivity contribution in [1.29, 1.82) is 0 Å². The maximum Gasteiger partial charge on any atom is 0.232 e. The quantitative estimate of drug-likeness (QED) is 0.804. The molecule has 2 aliphatic rings. The lowest BCUT2D eigenvalue weighted by atomic mass is 9.79. The Hall–Kier alpha value is -2.25. The predicted octanol–water partition coefficient (Wildman–Crippen LogP) is 0.324. The summed E-state index contributed by atoms with van der Waals surface area (Å²) in [5.74, 6) is -2.07. The number of Topliss-reactive ketones (excluding diaryl/α,β-unsaturated/α-hetero) is 2. The largest absolute Gasteiger partial charge is 0.326 e. The van der Waals surface area contributed by atoms with E-state index in [1.165, 1.54) is 12.3 Å². The summed E-state index contributed by atoms with van der Waals surface area (Å²) in [5.41, 5.74) is 6.93. The van der Waals surface area contributed by atoms with Gasteiger partial charge in [0.15, 0.2) is 0 Å². The fraction of sp³-hybridized carbons (Fsp3) is 0.250. The molecule has 2 atom stereocenters. The minimum atomic E-state index is -3.58. The van der Waals surface area contributed by atoms with E-state index < -0.39 is 33.5 Å². The zero-order valence-electron chi connectivity index (χ0n) is 12.5. The highest BCUT2D eigenvalue weighted by Crippen LogP contribution is 2.40. The topological polar surface area (TPSA) is 97.5 Å². The lowest BCUT2D eigenvalue weighted by Crippen LogP contribution is -2.44. The van der Waals surface area contributed by atoms with E-state index in [4.69, 9.17) is 5.73 Å². The normalized spacial score (nSPS) is 24.3. The van der Waals surface area contributed by atoms with Crippen LogP contribution < -0.4 is 5.73 Å². The fourth-order valence-electron chi connectivity index (χ4n) is 3.04. The average molecular weight is 332 g/mol. The zero-order valence-corrected chi connectivity index (χ0v) is 13.3. The maximum absolute atomic E-state index is 12.5. The molecule has 0 amide bonds. The molecule has 1 aromatic carbocycles. The summed E-state index contributed by atoms with van der Waals surface area (Å²) in [6, 6.07) is 8.26. The van der Waals surface area contributed by atoms with Crippen LogP contribution in [0.2, 0.25) is 0 Å². The van der Waals surface area contributed by atoms with Crippen molar-refractivity contribution in [2.75, 3.05) is 12.8 Å². The molecule has 0 radical (unpaired) electrons. The second-order valence-electron chi connectivity index (χ2n) is 5.60. The predicted molar refractivity (Wildman–Crippen MR) is 85.5 cm³/mol. The monoisotopic (exact) mass is 332 g/mol. The van der Waals surface area contributed by atoms with E-state index in [1.54, 1.807) is 24.3 Å². The third kappa shape index (κ3) is 2.51. The number of carbonyl (C=O) groups excluding carboxylic acids is 2. The standard InChI is InChI=1S/C16H16N2O4S/c1-23(21,22)18-9-12(10-5-3-2-4-6-10)14-13(18)7-11(8-17)15(19)16(14)20/h2-7,9,13-14H,8,17H2,1H3. The van der Waals surface area contributed by atoms with Gasteiger partial charge in [0.05, 0.1) is 18.2 Å². The summed E-state index contributed by atoms with van der Waals surface area (Å²) in [7, 11) is -3.58. The van der Waals surface area contributed by atoms with Crippen LogP contribution in [0.25, 0.3) is 5.57 Å². The summed E-state index contributed by atoms with van der Waals surface area (Å²) < 4.78 is 25.3. The molecule has 0 saturated heterocycles. The van der Waals surface area contributed by atoms with Crippen LogP contribution in [0.3, 0.4) is 0 Å². The van der Waals surface area contributed by atoms with Crippen LogP contribution in [0.5, 0.6) is 0 Å². The molecule has 0 saturated carbocycles. The van der Waals surface area contributed by atoms with Gasteiger partial charge in [-0.3, -0.25) is 13.9 Å². The molecule has 1 heterocycles. The Kier molecular flexibility index (Phi) is 3.69. The Morgan fingerprint density at radius 2 is 1.83 bits per heavy atom. The van der Waals surface area contributed by atoms with Crippen molar-refractivity contribution < 1.29 is 18.0 Å². The molecule has 0 bridgehead atoms. The van der Waals surface area contributed by atoms with Crippen LogP contribution >= 0.6 is 0 Å². The third-order valence-corrected chi connectivity index (χ3v) is 5.23. The van der Waals surface area contributed by atoms with Crippen LogP contribution in [0.1, 0.15) is 5.56 Å². The molecule has 2 N–H and O–H groups in total. The minimum Gasteiger partial charge on any atom is -0.326 e. The number of benzene rings is 1. The molecule has 0 aromatic heterocycles. The number of sulfonamides is 1. The van der Waals surface area contributed by atoms with E-state index in [9.17, 15) is 18.0 Å². The molecule has 120 valence electrons. The van der Waals surface area contributed by atoms with Gasteiger partial charge >= 0.3 is 0 Å². The average Bonchev–Trinajstić information content (AvgIpc) is 2.91. The molecule has 6 nitrogen and oxygen atoms in total. The molecular formula is C16H16N2O4S. The van der Waals surface area contributed by atoms with Gasteiger partial charge in [0, 0.05) is 18.3 Å². The molecular weight excluding hydrogens is 316 g/mol. The van der Waals surface area contributed by atoms with Crippen molar-refractivity contribution in [3.05, 3.63) is 53.7 Å². The van der Waals surface area contributed by atoms with Crippen molar-refractivity contribution in [1.82, 2.24) is 4.31 Å². The highest BCUT2D eigenvalue weighted by molar-refractivity contribution is 7.88. The molecule has 1 aromatic rings. The summed E-state index contributed by atoms with van der Waals surface area (Å²) in [4.78, 5) is 24.7. The summed E-state index contributed by atoms with van der Waals surface area (Å²) >= 11 is 0. The van der Waals surface area contributed by atoms with Crippen molar-refractivity contribution in [3.8, 4) is 0 Å². The van der Waals surface area contributed by atoms with E-state index in [0.717, 1.165) is 16.1 Å². The van der Waals surface area contributed by atoms with Crippen LogP contribution in [0, 0.1) is 5.92 Å². The van der Waals surface area contributed by atoms with E-state index >= 15 is 0 Å². The first-order valence-corrected chi connectivity index (χ1v) is 8.94. The van der Waals surface area contributed by atoms with Crippen molar-refractivity contribution in [2.45, 2.75) is 6.04 Å². The Bertz CT molecular complexity index is 840. The Morgan fingerprint density at radius 1 is 1.17 bits per heavy atom. The Morgan fingerprint density at radius 3 is 2.39 bits per heavy atom. The lowest BCUT2D eigenvalue weighted by Gasteiger charge is -2.29. The molecule has 23 heavy (non-hydrogen) atoms. The van der Waals surface area contributed by atoms with Crippen molar-refractivity contribution >= 4 is 27.2 Å². The van der Waals surface area contributed by atoms with Crippen LogP contribution in [-0.4, -0.2) is 43.1 Å². The maximum atomic E-state index is 12.5. The van der Waals surface area contributed by atoms with Gasteiger partial charge in [-0.25, -0.2) is 8.42 Å². The molecule has 1 aliphatic carbocycles. The first-order valence-electron chi connectivity index (χ1n) is 7.09. The first-order chi connectivity index (χ1) is 10.8. The second kappa shape index (κ2) is 5.43. The number of nitrogens with two attached hydrogens (primary N) is 1. The summed E-state index contributed by atoms with van der Waals surface area (Å²) in [6.07, 6.45) is 4.02. The second-order valence-corrected chi connectivity index (χ2v) is 7.49. The van der Waals surface area contributed by atoms with Gasteiger partial charge in [0.1, 0.15) is 0 Å². The zero-order chi connectivity index (χ0) is 16.8. The van der Waals surface area contributed by atoms with Gasteiger partial charge < -0.3 is 5.73 Å². The van der Waals surface area contributed by atoms with Gasteiger partial charge in [-0.1, -0.05) is 36.4 Å². The van der Waals surface area contributed by atoms with Crippen molar-refractivity contribution in [2.24, 2.45) is 11.7 Å². The van der Waals surface area contributed by atoms with E-state index in [-0.39, 0.29) is 12.1 Å². The molecule has 2 unspecified atom stereocenters. The van der Waals surface area contributed by atoms with Crippen LogP contribution in [-0.2, 0) is 19.6 Å². The number of nitrogens with zero attached hydrogens (tertiary/aromatic N) is 1. The number of carbonyl (C=O) groups is 2. The van der Waals surface area contributed by atoms with Crippen LogP contribution in [0.4, 0.5) is 0 Å². The third-order valence-electron chi connectivity index (χ3n) is 4.12. The van der Waals surface area contributed by atoms with Gasteiger partial charge in [0.25, 0.3) is 0 Å². The first kappa shape index (κ1) is 15.6. The summed E-state index contributed by atoms with van der Waals surface area (Å²) in [5, 5.41) is 0. The number of rotatable bonds is 3. The van der Waals surface area contributed by atoms with E-state index in [0.29, 0.717) is 5.57 Å². The SMILES string of the molecule is CS(=O)(=O)N1C=C(c2ccccc2)C2C(=O)C(=O)C(CN)=CC21. The van der Waals surface area contributed by atoms with Gasteiger partial charge in [-0.15, -0.1) is 0 Å². The van der Waals surface area contributed by atoms with Gasteiger partial charge in [-0.2, -0.15) is 0 Å². The smallest absolute Gasteiger partial charge is 0.232 e. The number of fused-ring (bicyclic) bond motifs is 1. The lowest BCUT2D eigenvalue weighted by molar-refractivity contribution is -0.136. The number of hydrogen-bond donors (Lipinski definition) is 1.